The molecule has 0 atom stereocenters. The molecule has 1 heterocycles. The predicted octanol–water partition coefficient (Wildman–Crippen LogP) is 5.88. The van der Waals surface area contributed by atoms with Gasteiger partial charge in [0.2, 0.25) is 0 Å². The first-order valence-electron chi connectivity index (χ1n) is 9.16. The van der Waals surface area contributed by atoms with Gasteiger partial charge in [0.25, 0.3) is 0 Å². The summed E-state index contributed by atoms with van der Waals surface area (Å²) in [6.07, 6.45) is -0.733. The van der Waals surface area contributed by atoms with Gasteiger partial charge in [-0.15, -0.1) is 0 Å². The van der Waals surface area contributed by atoms with E-state index in [0.29, 0.717) is 39.1 Å². The Hall–Kier alpha value is -3.23. The lowest BCUT2D eigenvalue weighted by Gasteiger charge is -2.09. The van der Waals surface area contributed by atoms with Gasteiger partial charge in [-0.05, 0) is 54.6 Å². The first-order valence-corrected chi connectivity index (χ1v) is 10.3. The zero-order valence-electron chi connectivity index (χ0n) is 15.9. The number of amidine groups is 1. The number of aliphatic imine (C=N–C) groups is 2. The molecule has 0 bridgehead atoms. The molecule has 3 aromatic rings. The van der Waals surface area contributed by atoms with E-state index in [-0.39, 0.29) is 12.4 Å². The van der Waals surface area contributed by atoms with E-state index in [1.54, 1.807) is 48.5 Å². The van der Waals surface area contributed by atoms with Gasteiger partial charge in [0, 0.05) is 26.3 Å². The van der Waals surface area contributed by atoms with Crippen molar-refractivity contribution in [2.24, 2.45) is 9.98 Å². The SMILES string of the molecule is O=C(Nc1ccc(Cl)cc1)ONC1=Nc2ccc(Br)cc2C(c2ccccc2F)=NC1. The van der Waals surface area contributed by atoms with E-state index in [1.807, 2.05) is 12.1 Å². The van der Waals surface area contributed by atoms with Crippen molar-refractivity contribution in [2.45, 2.75) is 0 Å². The number of carbonyl (C=O) groups excluding carboxylic acids is 1. The molecule has 31 heavy (non-hydrogen) atoms. The van der Waals surface area contributed by atoms with E-state index in [4.69, 9.17) is 16.4 Å². The molecule has 0 aliphatic carbocycles. The topological polar surface area (TPSA) is 75.1 Å². The monoisotopic (exact) mass is 500 g/mol. The van der Waals surface area contributed by atoms with Crippen LogP contribution >= 0.6 is 27.5 Å². The molecular formula is C22H15BrClFN4O2. The summed E-state index contributed by atoms with van der Waals surface area (Å²) in [7, 11) is 0. The Bertz CT molecular complexity index is 1200. The Kier molecular flexibility index (Phi) is 6.29. The zero-order valence-corrected chi connectivity index (χ0v) is 18.2. The maximum absolute atomic E-state index is 14.5. The largest absolute Gasteiger partial charge is 0.435 e. The van der Waals surface area contributed by atoms with Crippen molar-refractivity contribution in [1.82, 2.24) is 5.48 Å². The number of hydrogen-bond donors (Lipinski definition) is 2. The van der Waals surface area contributed by atoms with Gasteiger partial charge >= 0.3 is 6.09 Å². The minimum absolute atomic E-state index is 0.0597. The number of amides is 1. The summed E-state index contributed by atoms with van der Waals surface area (Å²) in [6, 6.07) is 18.4. The van der Waals surface area contributed by atoms with Gasteiger partial charge in [-0.2, -0.15) is 0 Å². The van der Waals surface area contributed by atoms with Crippen molar-refractivity contribution < 1.29 is 14.0 Å². The van der Waals surface area contributed by atoms with E-state index in [0.717, 1.165) is 4.47 Å². The van der Waals surface area contributed by atoms with Crippen LogP contribution in [-0.4, -0.2) is 24.2 Å². The van der Waals surface area contributed by atoms with Crippen molar-refractivity contribution in [3.63, 3.8) is 0 Å². The van der Waals surface area contributed by atoms with Crippen molar-refractivity contribution in [1.29, 1.82) is 0 Å². The highest BCUT2D eigenvalue weighted by molar-refractivity contribution is 9.10. The number of hydroxylamine groups is 1. The smallest absolute Gasteiger partial charge is 0.323 e. The Labute approximate surface area is 190 Å². The molecule has 4 rings (SSSR count). The molecule has 0 unspecified atom stereocenters. The lowest BCUT2D eigenvalue weighted by atomic mass is 10.0. The molecule has 0 fully saturated rings. The van der Waals surface area contributed by atoms with Crippen molar-refractivity contribution in [3.05, 3.63) is 93.2 Å². The Morgan fingerprint density at radius 2 is 1.84 bits per heavy atom. The third kappa shape index (κ3) is 5.10. The Morgan fingerprint density at radius 1 is 1.06 bits per heavy atom. The minimum atomic E-state index is -0.733. The van der Waals surface area contributed by atoms with Gasteiger partial charge in [0.05, 0.1) is 11.4 Å². The van der Waals surface area contributed by atoms with Crippen LogP contribution in [-0.2, 0) is 4.84 Å². The molecule has 0 saturated heterocycles. The van der Waals surface area contributed by atoms with Gasteiger partial charge in [-0.1, -0.05) is 39.7 Å². The number of nitrogens with zero attached hydrogens (tertiary/aromatic N) is 2. The molecule has 1 aliphatic rings. The Morgan fingerprint density at radius 3 is 2.61 bits per heavy atom. The van der Waals surface area contributed by atoms with E-state index < -0.39 is 6.09 Å². The number of halogens is 3. The molecule has 3 aromatic carbocycles. The van der Waals surface area contributed by atoms with Crippen molar-refractivity contribution >= 4 is 56.5 Å². The fourth-order valence-corrected chi connectivity index (χ4v) is 3.42. The van der Waals surface area contributed by atoms with Crippen LogP contribution in [0.1, 0.15) is 11.1 Å². The standard InChI is InChI=1S/C22H15BrClFN4O2/c23-13-5-10-19-17(11-13)21(16-3-1-2-4-18(16)25)26-12-20(28-19)29-31-22(30)27-15-8-6-14(24)7-9-15/h1-11H,12H2,(H,27,30)(H,28,29). The molecule has 0 spiro atoms. The second-order valence-corrected chi connectivity index (χ2v) is 7.84. The van der Waals surface area contributed by atoms with E-state index in [2.05, 4.69) is 36.7 Å². The van der Waals surface area contributed by atoms with E-state index in [1.165, 1.54) is 6.07 Å². The number of carbonyl (C=O) groups is 1. The highest BCUT2D eigenvalue weighted by atomic mass is 79.9. The summed E-state index contributed by atoms with van der Waals surface area (Å²) in [4.78, 5) is 26.2. The maximum Gasteiger partial charge on any atom is 0.435 e. The second-order valence-electron chi connectivity index (χ2n) is 6.49. The van der Waals surface area contributed by atoms with Gasteiger partial charge in [0.15, 0.2) is 5.84 Å². The first kappa shape index (κ1) is 21.0. The van der Waals surface area contributed by atoms with E-state index in [9.17, 15) is 9.18 Å². The van der Waals surface area contributed by atoms with Gasteiger partial charge in [-0.3, -0.25) is 10.3 Å². The van der Waals surface area contributed by atoms with Crippen LogP contribution in [0.3, 0.4) is 0 Å². The summed E-state index contributed by atoms with van der Waals surface area (Å²) in [5.41, 5.74) is 5.09. The number of anilines is 1. The zero-order chi connectivity index (χ0) is 21.8. The van der Waals surface area contributed by atoms with Crippen LogP contribution in [0.25, 0.3) is 0 Å². The number of rotatable bonds is 2. The molecule has 1 amide bonds. The third-order valence-electron chi connectivity index (χ3n) is 4.34. The summed E-state index contributed by atoms with van der Waals surface area (Å²) >= 11 is 9.27. The average molecular weight is 502 g/mol. The predicted molar refractivity (Wildman–Crippen MR) is 123 cm³/mol. The van der Waals surface area contributed by atoms with Crippen molar-refractivity contribution in [2.75, 3.05) is 11.9 Å². The number of hydrogen-bond acceptors (Lipinski definition) is 5. The highest BCUT2D eigenvalue weighted by Crippen LogP contribution is 2.29. The molecule has 0 radical (unpaired) electrons. The summed E-state index contributed by atoms with van der Waals surface area (Å²) < 4.78 is 15.3. The van der Waals surface area contributed by atoms with Gasteiger partial charge < -0.3 is 4.84 Å². The van der Waals surface area contributed by atoms with Crippen LogP contribution < -0.4 is 10.8 Å². The molecular weight excluding hydrogens is 487 g/mol. The molecule has 9 heteroatoms. The van der Waals surface area contributed by atoms with Crippen LogP contribution in [0.5, 0.6) is 0 Å². The average Bonchev–Trinajstić information content (AvgIpc) is 2.93. The summed E-state index contributed by atoms with van der Waals surface area (Å²) in [5, 5.41) is 3.12. The van der Waals surface area contributed by atoms with Gasteiger partial charge in [-0.25, -0.2) is 19.7 Å². The van der Waals surface area contributed by atoms with Gasteiger partial charge in [0.1, 0.15) is 12.4 Å². The fraction of sp³-hybridized carbons (Fsp3) is 0.0455. The highest BCUT2D eigenvalue weighted by Gasteiger charge is 2.19. The molecule has 156 valence electrons. The summed E-state index contributed by atoms with van der Waals surface area (Å²) in [5.74, 6) is -0.0941. The molecule has 2 N–H and O–H groups in total. The molecule has 6 nitrogen and oxygen atoms in total. The van der Waals surface area contributed by atoms with E-state index >= 15 is 0 Å². The normalized spacial score (nSPS) is 12.7. The third-order valence-corrected chi connectivity index (χ3v) is 5.08. The Balaban J connectivity index is 1.55. The lowest BCUT2D eigenvalue weighted by molar-refractivity contribution is 0.134. The number of nitrogens with one attached hydrogen (secondary N) is 2. The van der Waals surface area contributed by atoms with Crippen molar-refractivity contribution in [3.8, 4) is 0 Å². The summed E-state index contributed by atoms with van der Waals surface area (Å²) in [6.45, 7) is 0.0597. The lowest BCUT2D eigenvalue weighted by Crippen LogP contribution is -2.31. The quantitative estimate of drug-likeness (QED) is 0.431. The molecule has 1 aliphatic heterocycles. The fourth-order valence-electron chi connectivity index (χ4n) is 2.94. The number of benzene rings is 3. The second kappa shape index (κ2) is 9.28. The number of fused-ring (bicyclic) bond motifs is 1. The minimum Gasteiger partial charge on any atom is -0.323 e. The van der Waals surface area contributed by atoms with Crippen LogP contribution in [0.2, 0.25) is 5.02 Å². The maximum atomic E-state index is 14.5. The molecule has 0 aromatic heterocycles. The molecule has 0 saturated carbocycles. The van der Waals surface area contributed by atoms with Crippen LogP contribution in [0, 0.1) is 5.82 Å². The van der Waals surface area contributed by atoms with Crippen LogP contribution in [0.4, 0.5) is 20.6 Å². The van der Waals surface area contributed by atoms with Crippen LogP contribution in [0.15, 0.2) is 81.2 Å². The first-order chi connectivity index (χ1) is 15.0.